The number of furan rings is 1. The van der Waals surface area contributed by atoms with Crippen molar-refractivity contribution in [3.05, 3.63) is 59.0 Å². The summed E-state index contributed by atoms with van der Waals surface area (Å²) in [5, 5.41) is 0. The van der Waals surface area contributed by atoms with E-state index in [2.05, 4.69) is 0 Å². The van der Waals surface area contributed by atoms with E-state index in [0.29, 0.717) is 12.3 Å². The van der Waals surface area contributed by atoms with Crippen LogP contribution in [0.3, 0.4) is 0 Å². The molecular weight excluding hydrogens is 388 g/mol. The molecule has 2 aliphatic heterocycles. The van der Waals surface area contributed by atoms with E-state index >= 15 is 0 Å². The lowest BCUT2D eigenvalue weighted by molar-refractivity contribution is -0.137. The van der Waals surface area contributed by atoms with Crippen molar-refractivity contribution < 1.29 is 28.3 Å². The molecule has 1 atom stereocenters. The smallest absolute Gasteiger partial charge is 0.338 e. The van der Waals surface area contributed by atoms with Crippen molar-refractivity contribution in [1.82, 2.24) is 9.80 Å². The Morgan fingerprint density at radius 2 is 1.93 bits per heavy atom. The first kappa shape index (κ1) is 19.9. The minimum absolute atomic E-state index is 0.0155. The molecule has 3 amide bonds. The number of carbonyl (C=O) groups excluding carboxylic acids is 4. The molecule has 30 heavy (non-hydrogen) atoms. The van der Waals surface area contributed by atoms with Gasteiger partial charge in [0.05, 0.1) is 29.5 Å². The number of likely N-dealkylation sites (tertiary alicyclic amines) is 1. The maximum absolute atomic E-state index is 12.7. The highest BCUT2D eigenvalue weighted by atomic mass is 16.5. The van der Waals surface area contributed by atoms with Crippen molar-refractivity contribution >= 4 is 23.7 Å². The molecule has 1 aromatic carbocycles. The number of benzene rings is 1. The maximum atomic E-state index is 12.7. The Bertz CT molecular complexity index is 997. The molecule has 0 bridgehead atoms. The number of imide groups is 1. The standard InChI is InChI=1S/C22H22N2O6/c1-14-5-2-3-9-23(14)19(25)13-30-22(28)15-7-8-17-18(11-15)21(27)24(20(17)26)12-16-6-4-10-29-16/h4,6-8,10-11,14H,2-3,5,9,12-13H2,1H3/t14-/m1/s1. The molecule has 2 aliphatic rings. The van der Waals surface area contributed by atoms with Gasteiger partial charge in [-0.2, -0.15) is 0 Å². The molecule has 0 N–H and O–H groups in total. The van der Waals surface area contributed by atoms with Gasteiger partial charge in [-0.1, -0.05) is 0 Å². The lowest BCUT2D eigenvalue weighted by atomic mass is 10.0. The summed E-state index contributed by atoms with van der Waals surface area (Å²) < 4.78 is 10.4. The summed E-state index contributed by atoms with van der Waals surface area (Å²) >= 11 is 0. The van der Waals surface area contributed by atoms with Gasteiger partial charge in [0.15, 0.2) is 6.61 Å². The Labute approximate surface area is 173 Å². The summed E-state index contributed by atoms with van der Waals surface area (Å²) in [6, 6.07) is 7.68. The first-order chi connectivity index (χ1) is 14.5. The average molecular weight is 410 g/mol. The third-order valence-electron chi connectivity index (χ3n) is 5.55. The van der Waals surface area contributed by atoms with Gasteiger partial charge in [0, 0.05) is 12.6 Å². The maximum Gasteiger partial charge on any atom is 0.338 e. The second-order valence-corrected chi connectivity index (χ2v) is 7.54. The summed E-state index contributed by atoms with van der Waals surface area (Å²) in [7, 11) is 0. The zero-order valence-corrected chi connectivity index (χ0v) is 16.6. The number of carbonyl (C=O) groups is 4. The Morgan fingerprint density at radius 1 is 1.13 bits per heavy atom. The van der Waals surface area contributed by atoms with Crippen molar-refractivity contribution in [2.24, 2.45) is 0 Å². The molecule has 0 spiro atoms. The Balaban J connectivity index is 1.42. The molecule has 0 radical (unpaired) electrons. The summed E-state index contributed by atoms with van der Waals surface area (Å²) in [4.78, 5) is 52.8. The van der Waals surface area contributed by atoms with Gasteiger partial charge in [-0.15, -0.1) is 0 Å². The van der Waals surface area contributed by atoms with Crippen molar-refractivity contribution in [3.63, 3.8) is 0 Å². The molecule has 1 saturated heterocycles. The van der Waals surface area contributed by atoms with Gasteiger partial charge in [-0.3, -0.25) is 19.3 Å². The highest BCUT2D eigenvalue weighted by Gasteiger charge is 2.36. The van der Waals surface area contributed by atoms with Crippen LogP contribution in [-0.2, 0) is 16.1 Å². The Kier molecular flexibility index (Phi) is 5.39. The van der Waals surface area contributed by atoms with Gasteiger partial charge in [0.2, 0.25) is 0 Å². The lowest BCUT2D eigenvalue weighted by Gasteiger charge is -2.33. The zero-order chi connectivity index (χ0) is 21.3. The second-order valence-electron chi connectivity index (χ2n) is 7.54. The monoisotopic (exact) mass is 410 g/mol. The van der Waals surface area contributed by atoms with Crippen LogP contribution in [-0.4, -0.2) is 52.7 Å². The van der Waals surface area contributed by atoms with E-state index in [9.17, 15) is 19.2 Å². The molecule has 8 nitrogen and oxygen atoms in total. The molecule has 156 valence electrons. The van der Waals surface area contributed by atoms with Gasteiger partial charge in [-0.25, -0.2) is 4.79 Å². The van der Waals surface area contributed by atoms with Gasteiger partial charge in [0.25, 0.3) is 17.7 Å². The fourth-order valence-corrected chi connectivity index (χ4v) is 3.88. The molecule has 2 aromatic rings. The SMILES string of the molecule is C[C@@H]1CCCCN1C(=O)COC(=O)c1ccc2c(c1)C(=O)N(Cc1ccco1)C2=O. The quantitative estimate of drug-likeness (QED) is 0.555. The lowest BCUT2D eigenvalue weighted by Crippen LogP contribution is -2.44. The van der Waals surface area contributed by atoms with Crippen LogP contribution in [0.2, 0.25) is 0 Å². The Hall–Kier alpha value is -3.42. The van der Waals surface area contributed by atoms with E-state index in [4.69, 9.17) is 9.15 Å². The molecule has 1 aromatic heterocycles. The van der Waals surface area contributed by atoms with E-state index in [1.54, 1.807) is 17.0 Å². The van der Waals surface area contributed by atoms with Crippen molar-refractivity contribution in [2.45, 2.75) is 38.8 Å². The van der Waals surface area contributed by atoms with Crippen LogP contribution < -0.4 is 0 Å². The molecule has 4 rings (SSSR count). The molecule has 0 saturated carbocycles. The summed E-state index contributed by atoms with van der Waals surface area (Å²) in [5.74, 6) is -1.40. The highest BCUT2D eigenvalue weighted by Crippen LogP contribution is 2.26. The van der Waals surface area contributed by atoms with Gasteiger partial charge >= 0.3 is 5.97 Å². The van der Waals surface area contributed by atoms with Crippen molar-refractivity contribution in [1.29, 1.82) is 0 Å². The van der Waals surface area contributed by atoms with Crippen LogP contribution in [0, 0.1) is 0 Å². The molecule has 3 heterocycles. The van der Waals surface area contributed by atoms with Gasteiger partial charge < -0.3 is 14.1 Å². The van der Waals surface area contributed by atoms with Crippen LogP contribution in [0.15, 0.2) is 41.0 Å². The fraction of sp³-hybridized carbons (Fsp3) is 0.364. The average Bonchev–Trinajstić information content (AvgIpc) is 3.35. The van der Waals surface area contributed by atoms with E-state index < -0.39 is 17.8 Å². The predicted molar refractivity (Wildman–Crippen MR) is 105 cm³/mol. The highest BCUT2D eigenvalue weighted by molar-refractivity contribution is 6.21. The van der Waals surface area contributed by atoms with Crippen LogP contribution in [0.1, 0.15) is 63.0 Å². The normalized spacial score (nSPS) is 18.5. The molecule has 8 heteroatoms. The first-order valence-corrected chi connectivity index (χ1v) is 9.95. The van der Waals surface area contributed by atoms with E-state index in [1.807, 2.05) is 6.92 Å². The molecule has 0 unspecified atom stereocenters. The number of fused-ring (bicyclic) bond motifs is 1. The van der Waals surface area contributed by atoms with Crippen LogP contribution >= 0.6 is 0 Å². The van der Waals surface area contributed by atoms with E-state index in [-0.39, 0.29) is 41.8 Å². The summed E-state index contributed by atoms with van der Waals surface area (Å²) in [6.45, 7) is 2.31. The fourth-order valence-electron chi connectivity index (χ4n) is 3.88. The molecule has 0 aliphatic carbocycles. The topological polar surface area (TPSA) is 97.1 Å². The summed E-state index contributed by atoms with van der Waals surface area (Å²) in [6.07, 6.45) is 4.44. The van der Waals surface area contributed by atoms with Crippen LogP contribution in [0.4, 0.5) is 0 Å². The third-order valence-corrected chi connectivity index (χ3v) is 5.55. The number of ether oxygens (including phenoxy) is 1. The van der Waals surface area contributed by atoms with Gasteiger partial charge in [0.1, 0.15) is 5.76 Å². The third kappa shape index (κ3) is 3.72. The minimum atomic E-state index is -0.708. The number of nitrogens with zero attached hydrogens (tertiary/aromatic N) is 2. The number of amides is 3. The zero-order valence-electron chi connectivity index (χ0n) is 16.6. The molecule has 1 fully saturated rings. The number of rotatable bonds is 5. The predicted octanol–water partition coefficient (Wildman–Crippen LogP) is 2.63. The number of piperidine rings is 1. The van der Waals surface area contributed by atoms with E-state index in [1.165, 1.54) is 24.5 Å². The number of esters is 1. The van der Waals surface area contributed by atoms with Crippen LogP contribution in [0.5, 0.6) is 0 Å². The van der Waals surface area contributed by atoms with E-state index in [0.717, 1.165) is 24.2 Å². The minimum Gasteiger partial charge on any atom is -0.467 e. The molecular formula is C22H22N2O6. The van der Waals surface area contributed by atoms with Crippen molar-refractivity contribution in [3.8, 4) is 0 Å². The largest absolute Gasteiger partial charge is 0.467 e. The summed E-state index contributed by atoms with van der Waals surface area (Å²) in [5.41, 5.74) is 0.479. The number of hydrogen-bond donors (Lipinski definition) is 0. The van der Waals surface area contributed by atoms with Gasteiger partial charge in [-0.05, 0) is 56.5 Å². The second kappa shape index (κ2) is 8.14. The Morgan fingerprint density at radius 3 is 2.67 bits per heavy atom. The first-order valence-electron chi connectivity index (χ1n) is 9.95. The number of hydrogen-bond acceptors (Lipinski definition) is 6. The van der Waals surface area contributed by atoms with Crippen LogP contribution in [0.25, 0.3) is 0 Å². The van der Waals surface area contributed by atoms with Crippen molar-refractivity contribution in [2.75, 3.05) is 13.2 Å².